The summed E-state index contributed by atoms with van der Waals surface area (Å²) in [6, 6.07) is 10.6. The van der Waals surface area contributed by atoms with E-state index in [9.17, 15) is 4.79 Å². The lowest BCUT2D eigenvalue weighted by Crippen LogP contribution is -2.08. The van der Waals surface area contributed by atoms with Gasteiger partial charge in [-0.05, 0) is 30.3 Å². The zero-order valence-electron chi connectivity index (χ0n) is 13.1. The third-order valence-electron chi connectivity index (χ3n) is 3.22. The van der Waals surface area contributed by atoms with Crippen LogP contribution in [0.3, 0.4) is 0 Å². The van der Waals surface area contributed by atoms with Crippen molar-refractivity contribution in [1.29, 1.82) is 0 Å². The molecular formula is C17H17BrO5. The summed E-state index contributed by atoms with van der Waals surface area (Å²) in [7, 11) is 4.56. The quantitative estimate of drug-likeness (QED) is 0.712. The summed E-state index contributed by atoms with van der Waals surface area (Å²) in [5.74, 6) is 0.976. The summed E-state index contributed by atoms with van der Waals surface area (Å²) in [5, 5.41) is 0. The molecule has 0 aliphatic rings. The molecule has 2 rings (SSSR count). The van der Waals surface area contributed by atoms with Gasteiger partial charge in [0.25, 0.3) is 0 Å². The summed E-state index contributed by atoms with van der Waals surface area (Å²) >= 11 is 3.39. The molecule has 0 spiro atoms. The molecule has 0 fully saturated rings. The molecule has 0 bridgehead atoms. The van der Waals surface area contributed by atoms with Crippen LogP contribution in [0.5, 0.6) is 17.2 Å². The second-order valence-electron chi connectivity index (χ2n) is 4.57. The Bertz CT molecular complexity index is 699. The molecule has 0 atom stereocenters. The smallest absolute Gasteiger partial charge is 0.342 e. The topological polar surface area (TPSA) is 54.0 Å². The second kappa shape index (κ2) is 7.87. The SMILES string of the molecule is COc1ccc(Br)cc1COC(=O)c1cccc(OC)c1OC. The van der Waals surface area contributed by atoms with Gasteiger partial charge in [-0.15, -0.1) is 0 Å². The maximum absolute atomic E-state index is 12.3. The van der Waals surface area contributed by atoms with Crippen molar-refractivity contribution >= 4 is 21.9 Å². The van der Waals surface area contributed by atoms with Crippen LogP contribution in [0.25, 0.3) is 0 Å². The van der Waals surface area contributed by atoms with E-state index in [1.54, 1.807) is 31.4 Å². The van der Waals surface area contributed by atoms with Crippen molar-refractivity contribution in [1.82, 2.24) is 0 Å². The van der Waals surface area contributed by atoms with Gasteiger partial charge in [0.2, 0.25) is 0 Å². The van der Waals surface area contributed by atoms with Gasteiger partial charge in [0.15, 0.2) is 11.5 Å². The van der Waals surface area contributed by atoms with Gasteiger partial charge >= 0.3 is 5.97 Å². The van der Waals surface area contributed by atoms with E-state index in [1.165, 1.54) is 14.2 Å². The van der Waals surface area contributed by atoms with Crippen LogP contribution in [0.15, 0.2) is 40.9 Å². The van der Waals surface area contributed by atoms with E-state index in [-0.39, 0.29) is 6.61 Å². The first-order chi connectivity index (χ1) is 11.1. The van der Waals surface area contributed by atoms with Gasteiger partial charge in [0.05, 0.1) is 21.3 Å². The minimum Gasteiger partial charge on any atom is -0.496 e. The summed E-state index contributed by atoms with van der Waals surface area (Å²) in [6.45, 7) is 0.0851. The molecule has 0 saturated carbocycles. The number of benzene rings is 2. The molecule has 0 aliphatic heterocycles. The molecule has 0 unspecified atom stereocenters. The van der Waals surface area contributed by atoms with E-state index in [1.807, 2.05) is 12.1 Å². The Labute approximate surface area is 143 Å². The lowest BCUT2D eigenvalue weighted by molar-refractivity contribution is 0.0466. The van der Waals surface area contributed by atoms with E-state index in [0.717, 1.165) is 10.0 Å². The Morgan fingerprint density at radius 2 is 1.74 bits per heavy atom. The first-order valence-electron chi connectivity index (χ1n) is 6.81. The minimum atomic E-state index is -0.497. The van der Waals surface area contributed by atoms with E-state index in [2.05, 4.69) is 15.9 Å². The average Bonchev–Trinajstić information content (AvgIpc) is 2.58. The van der Waals surface area contributed by atoms with Crippen molar-refractivity contribution in [2.45, 2.75) is 6.61 Å². The summed E-state index contributed by atoms with van der Waals surface area (Å²) < 4.78 is 21.9. The maximum Gasteiger partial charge on any atom is 0.342 e. The minimum absolute atomic E-state index is 0.0851. The number of carbonyl (C=O) groups is 1. The molecule has 6 heteroatoms. The van der Waals surface area contributed by atoms with Crippen molar-refractivity contribution in [2.24, 2.45) is 0 Å². The molecule has 0 heterocycles. The highest BCUT2D eigenvalue weighted by Crippen LogP contribution is 2.31. The van der Waals surface area contributed by atoms with Gasteiger partial charge in [-0.2, -0.15) is 0 Å². The number of hydrogen-bond acceptors (Lipinski definition) is 5. The lowest BCUT2D eigenvalue weighted by Gasteiger charge is -2.13. The Morgan fingerprint density at radius 3 is 2.39 bits per heavy atom. The third kappa shape index (κ3) is 3.96. The fourth-order valence-corrected chi connectivity index (χ4v) is 2.54. The van der Waals surface area contributed by atoms with E-state index < -0.39 is 5.97 Å². The van der Waals surface area contributed by atoms with Crippen LogP contribution in [-0.2, 0) is 11.3 Å². The summed E-state index contributed by atoms with van der Waals surface area (Å²) in [4.78, 5) is 12.3. The number of rotatable bonds is 6. The van der Waals surface area contributed by atoms with Gasteiger partial charge in [-0.25, -0.2) is 4.79 Å². The van der Waals surface area contributed by atoms with Crippen LogP contribution < -0.4 is 14.2 Å². The molecule has 122 valence electrons. The van der Waals surface area contributed by atoms with Gasteiger partial charge in [-0.1, -0.05) is 22.0 Å². The Morgan fingerprint density at radius 1 is 1.00 bits per heavy atom. The van der Waals surface area contributed by atoms with Crippen LogP contribution in [0.2, 0.25) is 0 Å². The molecule has 2 aromatic rings. The number of methoxy groups -OCH3 is 3. The molecule has 0 saturated heterocycles. The molecule has 0 N–H and O–H groups in total. The van der Waals surface area contributed by atoms with Crippen molar-refractivity contribution in [3.05, 3.63) is 52.0 Å². The normalized spacial score (nSPS) is 10.1. The summed E-state index contributed by atoms with van der Waals surface area (Å²) in [6.07, 6.45) is 0. The zero-order chi connectivity index (χ0) is 16.8. The predicted molar refractivity (Wildman–Crippen MR) is 89.4 cm³/mol. The molecule has 0 aromatic heterocycles. The number of carbonyl (C=O) groups excluding carboxylic acids is 1. The van der Waals surface area contributed by atoms with Crippen LogP contribution >= 0.6 is 15.9 Å². The first-order valence-corrected chi connectivity index (χ1v) is 7.60. The largest absolute Gasteiger partial charge is 0.496 e. The Balaban J connectivity index is 2.19. The van der Waals surface area contributed by atoms with Gasteiger partial charge < -0.3 is 18.9 Å². The number of esters is 1. The van der Waals surface area contributed by atoms with Crippen LogP contribution in [0.4, 0.5) is 0 Å². The van der Waals surface area contributed by atoms with Gasteiger partial charge in [0.1, 0.15) is 17.9 Å². The van der Waals surface area contributed by atoms with Gasteiger partial charge in [0, 0.05) is 10.0 Å². The third-order valence-corrected chi connectivity index (χ3v) is 3.72. The zero-order valence-corrected chi connectivity index (χ0v) is 14.7. The van der Waals surface area contributed by atoms with Crippen LogP contribution in [0, 0.1) is 0 Å². The fraction of sp³-hybridized carbons (Fsp3) is 0.235. The maximum atomic E-state index is 12.3. The summed E-state index contributed by atoms with van der Waals surface area (Å²) in [5.41, 5.74) is 1.07. The number of para-hydroxylation sites is 1. The van der Waals surface area contributed by atoms with E-state index in [4.69, 9.17) is 18.9 Å². The number of ether oxygens (including phenoxy) is 4. The van der Waals surface area contributed by atoms with Crippen molar-refractivity contribution in [3.63, 3.8) is 0 Å². The second-order valence-corrected chi connectivity index (χ2v) is 5.49. The molecule has 0 aliphatic carbocycles. The molecule has 2 aromatic carbocycles. The fourth-order valence-electron chi connectivity index (χ4n) is 2.13. The first kappa shape index (κ1) is 17.1. The van der Waals surface area contributed by atoms with Crippen molar-refractivity contribution in [3.8, 4) is 17.2 Å². The standard InChI is InChI=1S/C17H17BrO5/c1-20-14-8-7-12(18)9-11(14)10-23-17(19)13-5-4-6-15(21-2)16(13)22-3/h4-9H,10H2,1-3H3. The van der Waals surface area contributed by atoms with Crippen molar-refractivity contribution < 1.29 is 23.7 Å². The lowest BCUT2D eigenvalue weighted by atomic mass is 10.2. The van der Waals surface area contributed by atoms with Gasteiger partial charge in [-0.3, -0.25) is 0 Å². The Hall–Kier alpha value is -2.21. The van der Waals surface area contributed by atoms with Crippen LogP contribution in [0.1, 0.15) is 15.9 Å². The van der Waals surface area contributed by atoms with E-state index in [0.29, 0.717) is 22.8 Å². The molecule has 5 nitrogen and oxygen atoms in total. The molecule has 23 heavy (non-hydrogen) atoms. The highest BCUT2D eigenvalue weighted by Gasteiger charge is 2.18. The highest BCUT2D eigenvalue weighted by molar-refractivity contribution is 9.10. The average molecular weight is 381 g/mol. The Kier molecular flexibility index (Phi) is 5.87. The van der Waals surface area contributed by atoms with E-state index >= 15 is 0 Å². The molecule has 0 amide bonds. The monoisotopic (exact) mass is 380 g/mol. The number of halogens is 1. The van der Waals surface area contributed by atoms with Crippen LogP contribution in [-0.4, -0.2) is 27.3 Å². The molecule has 0 radical (unpaired) electrons. The van der Waals surface area contributed by atoms with Crippen molar-refractivity contribution in [2.75, 3.05) is 21.3 Å². The number of hydrogen-bond donors (Lipinski definition) is 0. The predicted octanol–water partition coefficient (Wildman–Crippen LogP) is 3.83. The molecular weight excluding hydrogens is 364 g/mol. The highest BCUT2D eigenvalue weighted by atomic mass is 79.9.